The number of anilines is 1. The standard InChI is InChI=1S/C27H33NO5/c1-6-28(7-2)22-12-10-21(27(17-22)33-19(3)4)11-14-24(30)18-23(29)13-8-20-9-15-26(32-5)25(31)16-20/h8-17,19,31H,6-7,18H2,1-5H3/b13-8+,14-11+. The molecule has 0 aliphatic carbocycles. The first kappa shape index (κ1) is 25.7. The number of allylic oxidation sites excluding steroid dienone is 2. The third-order valence-electron chi connectivity index (χ3n) is 4.95. The summed E-state index contributed by atoms with van der Waals surface area (Å²) >= 11 is 0. The second-order valence-corrected chi connectivity index (χ2v) is 7.77. The van der Waals surface area contributed by atoms with E-state index in [1.807, 2.05) is 32.0 Å². The highest BCUT2D eigenvalue weighted by atomic mass is 16.5. The van der Waals surface area contributed by atoms with E-state index in [1.54, 1.807) is 24.3 Å². The number of phenols is 1. The molecule has 0 spiro atoms. The summed E-state index contributed by atoms with van der Waals surface area (Å²) in [5.41, 5.74) is 2.47. The predicted octanol–water partition coefficient (Wildman–Crippen LogP) is 5.29. The summed E-state index contributed by atoms with van der Waals surface area (Å²) < 4.78 is 11.0. The van der Waals surface area contributed by atoms with Gasteiger partial charge in [-0.25, -0.2) is 0 Å². The minimum Gasteiger partial charge on any atom is -0.504 e. The quantitative estimate of drug-likeness (QED) is 0.349. The van der Waals surface area contributed by atoms with Crippen molar-refractivity contribution in [2.45, 2.75) is 40.2 Å². The van der Waals surface area contributed by atoms with Crippen LogP contribution >= 0.6 is 0 Å². The molecular weight excluding hydrogens is 418 g/mol. The van der Waals surface area contributed by atoms with Crippen LogP contribution in [0.25, 0.3) is 12.2 Å². The molecule has 1 N–H and O–H groups in total. The van der Waals surface area contributed by atoms with Gasteiger partial charge in [-0.3, -0.25) is 9.59 Å². The molecule has 0 fully saturated rings. The number of benzene rings is 2. The van der Waals surface area contributed by atoms with Crippen LogP contribution in [0.2, 0.25) is 0 Å². The first-order valence-corrected chi connectivity index (χ1v) is 11.1. The van der Waals surface area contributed by atoms with Crippen molar-refractivity contribution in [1.29, 1.82) is 0 Å². The first-order valence-electron chi connectivity index (χ1n) is 11.1. The predicted molar refractivity (Wildman–Crippen MR) is 133 cm³/mol. The highest BCUT2D eigenvalue weighted by molar-refractivity contribution is 6.11. The largest absolute Gasteiger partial charge is 0.504 e. The van der Waals surface area contributed by atoms with E-state index in [0.717, 1.165) is 24.3 Å². The lowest BCUT2D eigenvalue weighted by molar-refractivity contribution is -0.121. The second-order valence-electron chi connectivity index (χ2n) is 7.77. The summed E-state index contributed by atoms with van der Waals surface area (Å²) in [6, 6.07) is 10.7. The van der Waals surface area contributed by atoms with Gasteiger partial charge in [0.15, 0.2) is 23.1 Å². The van der Waals surface area contributed by atoms with Gasteiger partial charge in [0.1, 0.15) is 5.75 Å². The molecule has 0 aliphatic rings. The van der Waals surface area contributed by atoms with Gasteiger partial charge in [-0.05, 0) is 75.8 Å². The third-order valence-corrected chi connectivity index (χ3v) is 4.95. The number of aromatic hydroxyl groups is 1. The van der Waals surface area contributed by atoms with Crippen LogP contribution in [0.5, 0.6) is 17.2 Å². The van der Waals surface area contributed by atoms with Gasteiger partial charge in [0.2, 0.25) is 0 Å². The van der Waals surface area contributed by atoms with Crippen molar-refractivity contribution in [1.82, 2.24) is 0 Å². The van der Waals surface area contributed by atoms with Crippen LogP contribution in [0.15, 0.2) is 48.6 Å². The second kappa shape index (κ2) is 12.5. The van der Waals surface area contributed by atoms with E-state index < -0.39 is 0 Å². The molecule has 0 aromatic heterocycles. The molecular formula is C27H33NO5. The fourth-order valence-corrected chi connectivity index (χ4v) is 3.27. The molecule has 0 bridgehead atoms. The maximum absolute atomic E-state index is 12.3. The Labute approximate surface area is 196 Å². The zero-order valence-corrected chi connectivity index (χ0v) is 20.0. The molecule has 0 radical (unpaired) electrons. The summed E-state index contributed by atoms with van der Waals surface area (Å²) in [4.78, 5) is 26.7. The van der Waals surface area contributed by atoms with E-state index >= 15 is 0 Å². The molecule has 6 nitrogen and oxygen atoms in total. The lowest BCUT2D eigenvalue weighted by atomic mass is 10.1. The lowest BCUT2D eigenvalue weighted by Gasteiger charge is -2.23. The number of rotatable bonds is 12. The zero-order valence-electron chi connectivity index (χ0n) is 20.0. The van der Waals surface area contributed by atoms with Crippen molar-refractivity contribution in [3.05, 3.63) is 59.7 Å². The Morgan fingerprint density at radius 1 is 0.970 bits per heavy atom. The van der Waals surface area contributed by atoms with Crippen molar-refractivity contribution in [2.75, 3.05) is 25.1 Å². The topological polar surface area (TPSA) is 76.1 Å². The molecule has 0 atom stereocenters. The van der Waals surface area contributed by atoms with Crippen LogP contribution in [-0.4, -0.2) is 43.0 Å². The highest BCUT2D eigenvalue weighted by Crippen LogP contribution is 2.28. The van der Waals surface area contributed by atoms with E-state index in [1.165, 1.54) is 25.3 Å². The Morgan fingerprint density at radius 3 is 2.21 bits per heavy atom. The van der Waals surface area contributed by atoms with Crippen LogP contribution in [0, 0.1) is 0 Å². The van der Waals surface area contributed by atoms with Crippen LogP contribution in [0.4, 0.5) is 5.69 Å². The molecule has 0 unspecified atom stereocenters. The minimum absolute atomic E-state index is 0.0103. The molecule has 6 heteroatoms. The molecule has 33 heavy (non-hydrogen) atoms. The summed E-state index contributed by atoms with van der Waals surface area (Å²) in [7, 11) is 1.46. The highest BCUT2D eigenvalue weighted by Gasteiger charge is 2.10. The van der Waals surface area contributed by atoms with Crippen molar-refractivity contribution in [2.24, 2.45) is 0 Å². The third kappa shape index (κ3) is 7.83. The fourth-order valence-electron chi connectivity index (χ4n) is 3.27. The van der Waals surface area contributed by atoms with Gasteiger partial charge in [-0.1, -0.05) is 12.1 Å². The molecule has 0 heterocycles. The lowest BCUT2D eigenvalue weighted by Crippen LogP contribution is -2.21. The van der Waals surface area contributed by atoms with Crippen molar-refractivity contribution in [3.63, 3.8) is 0 Å². The molecule has 0 amide bonds. The van der Waals surface area contributed by atoms with Crippen LogP contribution in [0.3, 0.4) is 0 Å². The molecule has 2 rings (SSSR count). The normalized spacial score (nSPS) is 11.3. The number of ether oxygens (including phenoxy) is 2. The maximum atomic E-state index is 12.3. The number of ketones is 2. The van der Waals surface area contributed by atoms with E-state index in [9.17, 15) is 14.7 Å². The summed E-state index contributed by atoms with van der Waals surface area (Å²) in [6.07, 6.45) is 5.73. The van der Waals surface area contributed by atoms with Crippen LogP contribution in [-0.2, 0) is 9.59 Å². The van der Waals surface area contributed by atoms with Gasteiger partial charge in [0.05, 0.1) is 19.6 Å². The average molecular weight is 452 g/mol. The van der Waals surface area contributed by atoms with Gasteiger partial charge in [-0.15, -0.1) is 0 Å². The fraction of sp³-hybridized carbons (Fsp3) is 0.333. The Bertz CT molecular complexity index is 1020. The maximum Gasteiger partial charge on any atom is 0.163 e. The minimum atomic E-state index is -0.324. The van der Waals surface area contributed by atoms with Crippen molar-refractivity contribution in [3.8, 4) is 17.2 Å². The molecule has 2 aromatic rings. The summed E-state index contributed by atoms with van der Waals surface area (Å²) in [6.45, 7) is 9.88. The first-order chi connectivity index (χ1) is 15.8. The van der Waals surface area contributed by atoms with Gasteiger partial charge in [0, 0.05) is 30.4 Å². The summed E-state index contributed by atoms with van der Waals surface area (Å²) in [5, 5.41) is 9.81. The van der Waals surface area contributed by atoms with Gasteiger partial charge >= 0.3 is 0 Å². The number of carbonyl (C=O) groups excluding carboxylic acids is 2. The van der Waals surface area contributed by atoms with Gasteiger partial charge in [0.25, 0.3) is 0 Å². The van der Waals surface area contributed by atoms with Crippen LogP contribution < -0.4 is 14.4 Å². The van der Waals surface area contributed by atoms with E-state index in [4.69, 9.17) is 9.47 Å². The number of hydrogen-bond acceptors (Lipinski definition) is 6. The average Bonchev–Trinajstić information content (AvgIpc) is 2.77. The Hall–Kier alpha value is -3.54. The van der Waals surface area contributed by atoms with E-state index in [-0.39, 0.29) is 29.8 Å². The Morgan fingerprint density at radius 2 is 1.64 bits per heavy atom. The summed E-state index contributed by atoms with van der Waals surface area (Å²) in [5.74, 6) is 0.410. The molecule has 176 valence electrons. The van der Waals surface area contributed by atoms with Crippen molar-refractivity contribution >= 4 is 29.4 Å². The van der Waals surface area contributed by atoms with Crippen molar-refractivity contribution < 1.29 is 24.2 Å². The number of carbonyl (C=O) groups is 2. The molecule has 0 aliphatic heterocycles. The van der Waals surface area contributed by atoms with Gasteiger partial charge in [-0.2, -0.15) is 0 Å². The molecule has 0 saturated carbocycles. The SMILES string of the molecule is CCN(CC)c1ccc(/C=C/C(=O)CC(=O)/C=C/c2ccc(OC)c(O)c2)c(OC(C)C)c1. The zero-order chi connectivity index (χ0) is 24.4. The van der Waals surface area contributed by atoms with Crippen LogP contribution in [0.1, 0.15) is 45.2 Å². The monoisotopic (exact) mass is 451 g/mol. The Kier molecular flexibility index (Phi) is 9.73. The van der Waals surface area contributed by atoms with E-state index in [2.05, 4.69) is 18.7 Å². The number of methoxy groups -OCH3 is 1. The number of phenolic OH excluding ortho intramolecular Hbond substituents is 1. The Balaban J connectivity index is 2.07. The molecule has 0 saturated heterocycles. The van der Waals surface area contributed by atoms with E-state index in [0.29, 0.717) is 17.1 Å². The van der Waals surface area contributed by atoms with Gasteiger partial charge < -0.3 is 19.5 Å². The molecule has 2 aromatic carbocycles. The number of hydrogen-bond donors (Lipinski definition) is 1. The number of nitrogens with zero attached hydrogens (tertiary/aromatic N) is 1. The smallest absolute Gasteiger partial charge is 0.163 e.